The van der Waals surface area contributed by atoms with Gasteiger partial charge in [-0.1, -0.05) is 23.7 Å². The van der Waals surface area contributed by atoms with Crippen molar-refractivity contribution in [3.63, 3.8) is 0 Å². The Kier molecular flexibility index (Phi) is 5.38. The van der Waals surface area contributed by atoms with Crippen LogP contribution in [-0.4, -0.2) is 27.4 Å². The third-order valence-electron chi connectivity index (χ3n) is 3.40. The van der Waals surface area contributed by atoms with Gasteiger partial charge in [-0.3, -0.25) is 15.1 Å². The molecule has 0 aliphatic heterocycles. The molecule has 2 atom stereocenters. The molecule has 0 fully saturated rings. The third-order valence-corrected chi connectivity index (χ3v) is 3.62. The van der Waals surface area contributed by atoms with E-state index in [1.807, 2.05) is 0 Å². The zero-order chi connectivity index (χ0) is 17.9. The Bertz CT molecular complexity index is 777. The number of phenols is 1. The Hall–Kier alpha value is -2.64. The highest BCUT2D eigenvalue weighted by atomic mass is 35.5. The molecule has 0 heterocycles. The van der Waals surface area contributed by atoms with Gasteiger partial charge < -0.3 is 15.3 Å². The fraction of sp³-hybridized carbons (Fsp3) is 0.188. The predicted molar refractivity (Wildman–Crippen MR) is 87.7 cm³/mol. The Labute approximate surface area is 142 Å². The summed E-state index contributed by atoms with van der Waals surface area (Å²) in [4.78, 5) is 14.1. The van der Waals surface area contributed by atoms with E-state index in [9.17, 15) is 25.4 Å². The lowest BCUT2D eigenvalue weighted by Crippen LogP contribution is -2.13. The minimum Gasteiger partial charge on any atom is -0.867 e. The molecule has 2 aromatic rings. The van der Waals surface area contributed by atoms with Gasteiger partial charge in [0.05, 0.1) is 11.0 Å². The summed E-state index contributed by atoms with van der Waals surface area (Å²) in [5.74, 6) is -0.719. The highest BCUT2D eigenvalue weighted by Crippen LogP contribution is 2.30. The number of nitro groups is 1. The zero-order valence-corrected chi connectivity index (χ0v) is 13.3. The van der Waals surface area contributed by atoms with Crippen molar-refractivity contribution in [2.24, 2.45) is 4.99 Å². The lowest BCUT2D eigenvalue weighted by Gasteiger charge is -2.16. The molecule has 126 valence electrons. The molecule has 0 unspecified atom stereocenters. The number of aromatic hydroxyl groups is 1. The number of rotatable bonds is 5. The van der Waals surface area contributed by atoms with Crippen molar-refractivity contribution in [3.8, 4) is 11.5 Å². The molecule has 2 aromatic carbocycles. The number of halogens is 1. The molecule has 0 radical (unpaired) electrons. The van der Waals surface area contributed by atoms with Crippen LogP contribution in [0.5, 0.6) is 11.5 Å². The number of aliphatic imine (C=N–C) groups is 1. The molecule has 0 amide bonds. The molecule has 0 saturated heterocycles. The Balaban J connectivity index is 2.24. The van der Waals surface area contributed by atoms with Crippen LogP contribution in [0.3, 0.4) is 0 Å². The number of phenolic OH excluding ortho intramolecular Hbond substituents is 1. The van der Waals surface area contributed by atoms with E-state index in [1.165, 1.54) is 18.2 Å². The van der Waals surface area contributed by atoms with Crippen LogP contribution in [0.4, 0.5) is 5.69 Å². The van der Waals surface area contributed by atoms with Crippen LogP contribution in [0.1, 0.15) is 24.2 Å². The summed E-state index contributed by atoms with van der Waals surface area (Å²) in [5, 5.41) is 42.3. The maximum Gasteiger partial charge on any atom is 0.263 e. The van der Waals surface area contributed by atoms with Crippen LogP contribution in [0, 0.1) is 10.1 Å². The van der Waals surface area contributed by atoms with Gasteiger partial charge in [0.1, 0.15) is 11.9 Å². The molecule has 0 aliphatic rings. The fourth-order valence-electron chi connectivity index (χ4n) is 2.06. The Morgan fingerprint density at radius 3 is 2.50 bits per heavy atom. The van der Waals surface area contributed by atoms with E-state index in [4.69, 9.17) is 11.6 Å². The lowest BCUT2D eigenvalue weighted by molar-refractivity contribution is -0.398. The first-order valence-corrected chi connectivity index (χ1v) is 7.32. The number of benzene rings is 2. The quantitative estimate of drug-likeness (QED) is 0.488. The summed E-state index contributed by atoms with van der Waals surface area (Å²) in [7, 11) is 0. The van der Waals surface area contributed by atoms with E-state index in [1.54, 1.807) is 19.1 Å². The number of aliphatic hydroxyl groups is 1. The summed E-state index contributed by atoms with van der Waals surface area (Å²) < 4.78 is 0. The number of aliphatic hydroxyl groups excluding tert-OH is 1. The number of nitrogens with zero attached hydrogens (tertiary/aromatic N) is 2. The molecule has 0 aliphatic carbocycles. The standard InChI is InChI=1S/C16H15ClN2O5/c1-9(15(21)10-2-4-13(20)5-3-10)18-8-11-6-12(17)7-14(16(11)22)19(23)24/h2-9,15,20-22H,1H3/p-1/t9-,15-/m0/s1. The molecule has 0 saturated carbocycles. The second-order valence-electron chi connectivity index (χ2n) is 5.16. The van der Waals surface area contributed by atoms with Crippen LogP contribution in [0.2, 0.25) is 5.02 Å². The highest BCUT2D eigenvalue weighted by Gasteiger charge is 2.16. The van der Waals surface area contributed by atoms with Gasteiger partial charge in [0.15, 0.2) is 0 Å². The van der Waals surface area contributed by atoms with Gasteiger partial charge in [-0.15, -0.1) is 0 Å². The maximum absolute atomic E-state index is 12.0. The normalized spacial score (nSPS) is 13.8. The first kappa shape index (κ1) is 17.7. The second-order valence-corrected chi connectivity index (χ2v) is 5.59. The van der Waals surface area contributed by atoms with Gasteiger partial charge in [0.2, 0.25) is 0 Å². The first-order valence-electron chi connectivity index (χ1n) is 6.94. The van der Waals surface area contributed by atoms with Crippen LogP contribution in [0.15, 0.2) is 41.4 Å². The molecule has 7 nitrogen and oxygen atoms in total. The van der Waals surface area contributed by atoms with E-state index in [0.717, 1.165) is 12.3 Å². The zero-order valence-electron chi connectivity index (χ0n) is 12.6. The van der Waals surface area contributed by atoms with Crippen LogP contribution < -0.4 is 5.11 Å². The van der Waals surface area contributed by atoms with Gasteiger partial charge in [-0.25, -0.2) is 0 Å². The third kappa shape index (κ3) is 4.01. The SMILES string of the molecule is C[C@H](N=Cc1cc(Cl)cc([N+](=O)[O-])c1[O-])[C@H](O)c1ccc(O)cc1. The number of nitro benzene ring substituents is 1. The molecule has 8 heteroatoms. The minimum absolute atomic E-state index is 0.0287. The van der Waals surface area contributed by atoms with Crippen LogP contribution in [-0.2, 0) is 0 Å². The van der Waals surface area contributed by atoms with E-state index >= 15 is 0 Å². The highest BCUT2D eigenvalue weighted by molar-refractivity contribution is 6.31. The number of hydrogen-bond donors (Lipinski definition) is 2. The Morgan fingerprint density at radius 1 is 1.29 bits per heavy atom. The van der Waals surface area contributed by atoms with Crippen molar-refractivity contribution in [1.82, 2.24) is 0 Å². The Morgan fingerprint density at radius 2 is 1.92 bits per heavy atom. The number of hydrogen-bond acceptors (Lipinski definition) is 6. The van der Waals surface area contributed by atoms with Gasteiger partial charge >= 0.3 is 0 Å². The van der Waals surface area contributed by atoms with Gasteiger partial charge in [-0.05, 0) is 42.0 Å². The summed E-state index contributed by atoms with van der Waals surface area (Å²) in [6, 6.07) is 7.61. The largest absolute Gasteiger partial charge is 0.867 e. The summed E-state index contributed by atoms with van der Waals surface area (Å²) >= 11 is 5.78. The summed E-state index contributed by atoms with van der Waals surface area (Å²) in [6.07, 6.45) is 0.196. The monoisotopic (exact) mass is 349 g/mol. The molecular formula is C16H14ClN2O5-. The molecule has 2 rings (SSSR count). The van der Waals surface area contributed by atoms with Crippen molar-refractivity contribution < 1.29 is 20.2 Å². The predicted octanol–water partition coefficient (Wildman–Crippen LogP) is 2.57. The average molecular weight is 350 g/mol. The van der Waals surface area contributed by atoms with Crippen molar-refractivity contribution in [2.45, 2.75) is 19.1 Å². The lowest BCUT2D eigenvalue weighted by atomic mass is 10.0. The molecule has 0 spiro atoms. The molecule has 2 N–H and O–H groups in total. The van der Waals surface area contributed by atoms with E-state index in [2.05, 4.69) is 4.99 Å². The smallest absolute Gasteiger partial charge is 0.263 e. The van der Waals surface area contributed by atoms with Gasteiger partial charge in [0, 0.05) is 17.3 Å². The van der Waals surface area contributed by atoms with Crippen molar-refractivity contribution >= 4 is 23.5 Å². The van der Waals surface area contributed by atoms with Crippen LogP contribution in [0.25, 0.3) is 0 Å². The molecule has 0 bridgehead atoms. The van der Waals surface area contributed by atoms with E-state index in [-0.39, 0.29) is 16.3 Å². The van der Waals surface area contributed by atoms with Gasteiger partial charge in [-0.2, -0.15) is 0 Å². The minimum atomic E-state index is -0.967. The molecular weight excluding hydrogens is 336 g/mol. The van der Waals surface area contributed by atoms with Crippen LogP contribution >= 0.6 is 11.6 Å². The molecule has 24 heavy (non-hydrogen) atoms. The second kappa shape index (κ2) is 7.29. The average Bonchev–Trinajstić information content (AvgIpc) is 2.54. The first-order chi connectivity index (χ1) is 11.3. The van der Waals surface area contributed by atoms with E-state index < -0.39 is 28.5 Å². The van der Waals surface area contributed by atoms with Gasteiger partial charge in [0.25, 0.3) is 5.69 Å². The van der Waals surface area contributed by atoms with E-state index in [0.29, 0.717) is 5.56 Å². The topological polar surface area (TPSA) is 119 Å². The maximum atomic E-state index is 12.0. The van der Waals surface area contributed by atoms with Crippen molar-refractivity contribution in [3.05, 3.63) is 62.7 Å². The summed E-state index contributed by atoms with van der Waals surface area (Å²) in [6.45, 7) is 1.62. The summed E-state index contributed by atoms with van der Waals surface area (Å²) in [5.41, 5.74) is -0.119. The fourth-order valence-corrected chi connectivity index (χ4v) is 2.28. The molecule has 0 aromatic heterocycles. The van der Waals surface area contributed by atoms with Crippen molar-refractivity contribution in [1.29, 1.82) is 0 Å². The van der Waals surface area contributed by atoms with Crippen molar-refractivity contribution in [2.75, 3.05) is 0 Å².